The molecule has 1 aliphatic rings. The van der Waals surface area contributed by atoms with Gasteiger partial charge in [-0.05, 0) is 65.2 Å². The van der Waals surface area contributed by atoms with Crippen molar-refractivity contribution in [2.24, 2.45) is 9.98 Å². The number of hydrogen-bond donors (Lipinski definition) is 1. The van der Waals surface area contributed by atoms with Gasteiger partial charge in [0.2, 0.25) is 0 Å². The van der Waals surface area contributed by atoms with Gasteiger partial charge < -0.3 is 9.88 Å². The smallest absolute Gasteiger partial charge is 0.160 e. The zero-order valence-corrected chi connectivity index (χ0v) is 32.2. The Labute approximate surface area is 336 Å². The largest absolute Gasteiger partial charge is 0.344 e. The Balaban J connectivity index is 0.984. The third-order valence-corrected chi connectivity index (χ3v) is 13.6. The van der Waals surface area contributed by atoms with Crippen molar-refractivity contribution in [1.29, 1.82) is 0 Å². The number of aliphatic imine (C=N–C) groups is 2. The van der Waals surface area contributed by atoms with Crippen molar-refractivity contribution in [2.75, 3.05) is 0 Å². The molecule has 0 amide bonds. The summed E-state index contributed by atoms with van der Waals surface area (Å²) < 4.78 is 7.44. The Morgan fingerprint density at radius 1 is 0.474 bits per heavy atom. The number of rotatable bonds is 5. The van der Waals surface area contributed by atoms with Gasteiger partial charge in [-0.2, -0.15) is 0 Å². The first-order chi connectivity index (χ1) is 28.2. The van der Waals surface area contributed by atoms with E-state index < -0.39 is 0 Å². The molecule has 57 heavy (non-hydrogen) atoms. The molecule has 4 nitrogen and oxygen atoms in total. The fourth-order valence-electron chi connectivity index (χ4n) is 8.65. The summed E-state index contributed by atoms with van der Waals surface area (Å²) in [5.74, 6) is 1.57. The molecule has 11 aromatic rings. The first-order valence-electron chi connectivity index (χ1n) is 19.2. The average molecular weight is 765 g/mol. The molecule has 8 aromatic carbocycles. The van der Waals surface area contributed by atoms with Crippen LogP contribution in [0.3, 0.4) is 0 Å². The lowest BCUT2D eigenvalue weighted by molar-refractivity contribution is 0.674. The van der Waals surface area contributed by atoms with E-state index in [4.69, 9.17) is 9.98 Å². The number of hydrogen-bond acceptors (Lipinski definition) is 5. The zero-order valence-electron chi connectivity index (χ0n) is 30.6. The van der Waals surface area contributed by atoms with Gasteiger partial charge in [0, 0.05) is 67.9 Å². The van der Waals surface area contributed by atoms with E-state index in [9.17, 15) is 0 Å². The van der Waals surface area contributed by atoms with Crippen LogP contribution in [-0.2, 0) is 0 Å². The summed E-state index contributed by atoms with van der Waals surface area (Å²) in [4.78, 5) is 10.4. The molecule has 0 radical (unpaired) electrons. The van der Waals surface area contributed by atoms with Crippen LogP contribution < -0.4 is 5.32 Å². The van der Waals surface area contributed by atoms with Crippen LogP contribution in [0, 0.1) is 0 Å². The predicted octanol–water partition coefficient (Wildman–Crippen LogP) is 13.7. The minimum atomic E-state index is -0.250. The number of benzene rings is 8. The summed E-state index contributed by atoms with van der Waals surface area (Å²) in [6.07, 6.45) is -0.250. The van der Waals surface area contributed by atoms with Gasteiger partial charge in [0.15, 0.2) is 5.84 Å². The predicted molar refractivity (Wildman–Crippen MR) is 244 cm³/mol. The summed E-state index contributed by atoms with van der Waals surface area (Å²) in [5, 5.41) is 11.2. The molecule has 1 unspecified atom stereocenters. The molecular weight excluding hydrogens is 733 g/mol. The lowest BCUT2D eigenvalue weighted by atomic mass is 9.97. The van der Waals surface area contributed by atoms with E-state index >= 15 is 0 Å². The molecule has 4 heterocycles. The molecule has 0 saturated carbocycles. The van der Waals surface area contributed by atoms with Crippen molar-refractivity contribution in [1.82, 2.24) is 9.88 Å². The van der Waals surface area contributed by atoms with Gasteiger partial charge in [0.1, 0.15) is 12.0 Å². The van der Waals surface area contributed by atoms with Crippen molar-refractivity contribution in [2.45, 2.75) is 6.17 Å². The second-order valence-corrected chi connectivity index (χ2v) is 16.7. The van der Waals surface area contributed by atoms with Crippen LogP contribution in [0.15, 0.2) is 192 Å². The maximum absolute atomic E-state index is 5.23. The Morgan fingerprint density at radius 2 is 1.18 bits per heavy atom. The summed E-state index contributed by atoms with van der Waals surface area (Å²) in [7, 11) is 0. The number of para-hydroxylation sites is 2. The van der Waals surface area contributed by atoms with Crippen molar-refractivity contribution < 1.29 is 0 Å². The molecule has 0 saturated heterocycles. The monoisotopic (exact) mass is 764 g/mol. The van der Waals surface area contributed by atoms with E-state index in [0.29, 0.717) is 0 Å². The second kappa shape index (κ2) is 12.8. The average Bonchev–Trinajstić information content (AvgIpc) is 3.96. The van der Waals surface area contributed by atoms with E-state index in [1.165, 1.54) is 79.0 Å². The van der Waals surface area contributed by atoms with Gasteiger partial charge in [-0.1, -0.05) is 133 Å². The van der Waals surface area contributed by atoms with Crippen LogP contribution in [0.25, 0.3) is 79.0 Å². The minimum absolute atomic E-state index is 0.250. The molecule has 1 atom stereocenters. The highest BCUT2D eigenvalue weighted by Crippen LogP contribution is 2.44. The van der Waals surface area contributed by atoms with Crippen LogP contribution >= 0.6 is 22.7 Å². The lowest BCUT2D eigenvalue weighted by Gasteiger charge is -2.23. The Morgan fingerprint density at radius 3 is 1.98 bits per heavy atom. The fraction of sp³-hybridized carbons (Fsp3) is 0.0196. The van der Waals surface area contributed by atoms with Crippen LogP contribution in [0.4, 0.5) is 0 Å². The standard InChI is InChI=1S/C51H32N4S2/c1-3-13-31(14-4-1)49-52-50(32-15-5-2-6-16-32)54-51(53-49)40-21-11-20-39-47-35(19-12-24-45(47)57-48(39)40)33-25-27-38-41-30-34(26-28-44(41)56-46(38)29-33)55-42-22-9-7-17-36(42)37-18-8-10-23-43(37)55/h1-30,49H,(H,52,53,54). The van der Waals surface area contributed by atoms with Crippen molar-refractivity contribution in [3.8, 4) is 16.8 Å². The van der Waals surface area contributed by atoms with E-state index in [-0.39, 0.29) is 6.17 Å². The first kappa shape index (κ1) is 32.4. The molecule has 1 N–H and O–H groups in total. The molecule has 12 rings (SSSR count). The molecular formula is C51H32N4S2. The van der Waals surface area contributed by atoms with E-state index in [0.717, 1.165) is 28.4 Å². The minimum Gasteiger partial charge on any atom is -0.344 e. The van der Waals surface area contributed by atoms with Crippen LogP contribution in [-0.4, -0.2) is 16.2 Å². The van der Waals surface area contributed by atoms with Gasteiger partial charge in [-0.3, -0.25) is 0 Å². The quantitative estimate of drug-likeness (QED) is 0.186. The van der Waals surface area contributed by atoms with E-state index in [2.05, 4.69) is 180 Å². The van der Waals surface area contributed by atoms with Gasteiger partial charge in [0.05, 0.1) is 11.0 Å². The normalized spacial score (nSPS) is 14.5. The van der Waals surface area contributed by atoms with Crippen molar-refractivity contribution >= 4 is 96.5 Å². The number of amidine groups is 2. The van der Waals surface area contributed by atoms with E-state index in [1.54, 1.807) is 0 Å². The molecule has 6 heteroatoms. The number of aromatic nitrogens is 1. The number of fused-ring (bicyclic) bond motifs is 9. The van der Waals surface area contributed by atoms with E-state index in [1.807, 2.05) is 34.8 Å². The zero-order chi connectivity index (χ0) is 37.5. The van der Waals surface area contributed by atoms with Gasteiger partial charge in [-0.25, -0.2) is 9.98 Å². The number of nitrogens with one attached hydrogen (secondary N) is 1. The highest BCUT2D eigenvalue weighted by Gasteiger charge is 2.23. The number of thiophene rings is 2. The number of nitrogens with zero attached hydrogens (tertiary/aromatic N) is 3. The Kier molecular flexibility index (Phi) is 7.30. The third-order valence-electron chi connectivity index (χ3n) is 11.3. The molecule has 0 spiro atoms. The molecule has 3 aromatic heterocycles. The SMILES string of the molecule is c1ccc(C2=NC(c3cccc4c3sc3cccc(-c5ccc6c(c5)sc5ccc(-n7c8ccccc8c8ccccc87)cc56)c34)=NC(c3ccccc3)N2)cc1. The second-order valence-electron chi connectivity index (χ2n) is 14.6. The van der Waals surface area contributed by atoms with Crippen LogP contribution in [0.2, 0.25) is 0 Å². The van der Waals surface area contributed by atoms with Gasteiger partial charge >= 0.3 is 0 Å². The van der Waals surface area contributed by atoms with Gasteiger partial charge in [-0.15, -0.1) is 22.7 Å². The highest BCUT2D eigenvalue weighted by molar-refractivity contribution is 7.26. The van der Waals surface area contributed by atoms with Crippen molar-refractivity contribution in [3.05, 3.63) is 199 Å². The molecule has 1 aliphatic heterocycles. The fourth-order valence-corrected chi connectivity index (χ4v) is 11.0. The van der Waals surface area contributed by atoms with Gasteiger partial charge in [0.25, 0.3) is 0 Å². The summed E-state index contributed by atoms with van der Waals surface area (Å²) in [6, 6.07) is 65.5. The highest BCUT2D eigenvalue weighted by atomic mass is 32.1. The Hall–Kier alpha value is -6.86. The summed E-state index contributed by atoms with van der Waals surface area (Å²) >= 11 is 3.69. The summed E-state index contributed by atoms with van der Waals surface area (Å²) in [5.41, 5.74) is 9.29. The lowest BCUT2D eigenvalue weighted by Crippen LogP contribution is -2.33. The maximum atomic E-state index is 5.23. The van der Waals surface area contributed by atoms with Crippen LogP contribution in [0.5, 0.6) is 0 Å². The maximum Gasteiger partial charge on any atom is 0.160 e. The topological polar surface area (TPSA) is 41.7 Å². The summed E-state index contributed by atoms with van der Waals surface area (Å²) in [6.45, 7) is 0. The first-order valence-corrected chi connectivity index (χ1v) is 20.8. The Bertz CT molecular complexity index is 3390. The molecule has 268 valence electrons. The molecule has 0 bridgehead atoms. The van der Waals surface area contributed by atoms with Crippen LogP contribution in [0.1, 0.15) is 22.9 Å². The molecule has 0 fully saturated rings. The molecule has 0 aliphatic carbocycles. The van der Waals surface area contributed by atoms with Crippen molar-refractivity contribution in [3.63, 3.8) is 0 Å². The third kappa shape index (κ3) is 5.18.